The van der Waals surface area contributed by atoms with Crippen molar-refractivity contribution in [2.24, 2.45) is 23.7 Å². The van der Waals surface area contributed by atoms with Gasteiger partial charge in [-0.05, 0) is 92.4 Å². The van der Waals surface area contributed by atoms with E-state index in [0.29, 0.717) is 0 Å². The average molecular weight is 377 g/mol. The second kappa shape index (κ2) is 11.5. The quantitative estimate of drug-likeness (QED) is 0.442. The summed E-state index contributed by atoms with van der Waals surface area (Å²) in [5.41, 5.74) is 2.55. The van der Waals surface area contributed by atoms with Gasteiger partial charge in [-0.25, -0.2) is 0 Å². The van der Waals surface area contributed by atoms with Crippen molar-refractivity contribution < 1.29 is 0 Å². The van der Waals surface area contributed by atoms with Crippen LogP contribution in [0.4, 0.5) is 0 Å². The smallest absolute Gasteiger partial charge is 0.0249 e. The normalized spacial score (nSPS) is 28.1. The van der Waals surface area contributed by atoms with Crippen LogP contribution >= 0.6 is 0 Å². The lowest BCUT2D eigenvalue weighted by molar-refractivity contribution is 0.152. The maximum atomic E-state index is 3.29. The molecular weight excluding hydrogens is 336 g/mol. The maximum Gasteiger partial charge on any atom is 0.0249 e. The van der Waals surface area contributed by atoms with Crippen LogP contribution in [-0.2, 0) is 6.42 Å². The SMILES string of the molecule is CCCc1ccc(C#CC=C[C@H]2CC[C@H]([C@H]3CC[C@H](CCC)CC3)CC2)cc1. The minimum atomic E-state index is 0.758. The zero-order valence-corrected chi connectivity index (χ0v) is 18.3. The van der Waals surface area contributed by atoms with Gasteiger partial charge in [0.15, 0.2) is 0 Å². The van der Waals surface area contributed by atoms with Gasteiger partial charge < -0.3 is 0 Å². The lowest BCUT2D eigenvalue weighted by Gasteiger charge is -2.37. The third-order valence-corrected chi connectivity index (χ3v) is 7.23. The molecule has 0 heterocycles. The molecule has 0 amide bonds. The molecule has 1 aromatic rings. The van der Waals surface area contributed by atoms with E-state index in [4.69, 9.17) is 0 Å². The Balaban J connectivity index is 1.39. The first kappa shape index (κ1) is 21.2. The van der Waals surface area contributed by atoms with Crippen LogP contribution in [0.25, 0.3) is 0 Å². The first-order valence-electron chi connectivity index (χ1n) is 12.1. The predicted octanol–water partition coefficient (Wildman–Crippen LogP) is 7.96. The molecular formula is C28H40. The molecule has 1 aromatic carbocycles. The van der Waals surface area contributed by atoms with Crippen molar-refractivity contribution in [1.82, 2.24) is 0 Å². The van der Waals surface area contributed by atoms with Crippen LogP contribution in [0, 0.1) is 35.5 Å². The Morgan fingerprint density at radius 3 is 2.07 bits per heavy atom. The van der Waals surface area contributed by atoms with Crippen molar-refractivity contribution in [3.8, 4) is 11.8 Å². The van der Waals surface area contributed by atoms with Crippen molar-refractivity contribution in [2.75, 3.05) is 0 Å². The van der Waals surface area contributed by atoms with Crippen LogP contribution in [0.2, 0.25) is 0 Å². The molecule has 28 heavy (non-hydrogen) atoms. The van der Waals surface area contributed by atoms with E-state index in [2.05, 4.69) is 62.1 Å². The largest absolute Gasteiger partial charge is 0.0730 e. The molecule has 0 atom stereocenters. The van der Waals surface area contributed by atoms with Crippen LogP contribution in [-0.4, -0.2) is 0 Å². The van der Waals surface area contributed by atoms with Gasteiger partial charge in [0.2, 0.25) is 0 Å². The average Bonchev–Trinajstić information content (AvgIpc) is 2.74. The van der Waals surface area contributed by atoms with Crippen LogP contribution in [0.3, 0.4) is 0 Å². The fourth-order valence-electron chi connectivity index (χ4n) is 5.52. The Kier molecular flexibility index (Phi) is 8.72. The van der Waals surface area contributed by atoms with E-state index in [1.54, 1.807) is 0 Å². The Morgan fingerprint density at radius 2 is 1.46 bits per heavy atom. The summed E-state index contributed by atoms with van der Waals surface area (Å²) in [7, 11) is 0. The Bertz CT molecular complexity index is 638. The molecule has 0 heteroatoms. The number of rotatable bonds is 6. The van der Waals surface area contributed by atoms with E-state index < -0.39 is 0 Å². The van der Waals surface area contributed by atoms with Gasteiger partial charge in [-0.1, -0.05) is 76.0 Å². The van der Waals surface area contributed by atoms with E-state index in [1.165, 1.54) is 76.2 Å². The van der Waals surface area contributed by atoms with Crippen molar-refractivity contribution in [2.45, 2.75) is 90.9 Å². The van der Waals surface area contributed by atoms with Crippen molar-refractivity contribution >= 4 is 0 Å². The summed E-state index contributed by atoms with van der Waals surface area (Å²) in [6.07, 6.45) is 21.4. The lowest BCUT2D eigenvalue weighted by Crippen LogP contribution is -2.25. The predicted molar refractivity (Wildman–Crippen MR) is 122 cm³/mol. The molecule has 0 radical (unpaired) electrons. The Hall–Kier alpha value is -1.48. The van der Waals surface area contributed by atoms with Crippen LogP contribution in [0.1, 0.15) is 95.6 Å². The number of hydrogen-bond acceptors (Lipinski definition) is 0. The third kappa shape index (κ3) is 6.55. The van der Waals surface area contributed by atoms with E-state index in [0.717, 1.165) is 35.7 Å². The molecule has 0 unspecified atom stereocenters. The summed E-state index contributed by atoms with van der Waals surface area (Å²) in [6.45, 7) is 4.57. The fraction of sp³-hybridized carbons (Fsp3) is 0.643. The highest BCUT2D eigenvalue weighted by molar-refractivity contribution is 5.38. The monoisotopic (exact) mass is 376 g/mol. The summed E-state index contributed by atoms with van der Waals surface area (Å²) in [4.78, 5) is 0. The molecule has 0 aromatic heterocycles. The zero-order chi connectivity index (χ0) is 19.6. The van der Waals surface area contributed by atoms with E-state index >= 15 is 0 Å². The second-order valence-corrected chi connectivity index (χ2v) is 9.32. The summed E-state index contributed by atoms with van der Waals surface area (Å²) < 4.78 is 0. The number of hydrogen-bond donors (Lipinski definition) is 0. The van der Waals surface area contributed by atoms with Crippen molar-refractivity contribution in [3.05, 3.63) is 47.5 Å². The molecule has 0 nitrogen and oxygen atoms in total. The Labute approximate surface area is 174 Å². The molecule has 2 aliphatic carbocycles. The van der Waals surface area contributed by atoms with Gasteiger partial charge in [0, 0.05) is 5.56 Å². The van der Waals surface area contributed by atoms with E-state index in [1.807, 2.05) is 0 Å². The van der Waals surface area contributed by atoms with Gasteiger partial charge in [0.05, 0.1) is 0 Å². The second-order valence-electron chi connectivity index (χ2n) is 9.32. The highest BCUT2D eigenvalue weighted by atomic mass is 14.3. The topological polar surface area (TPSA) is 0 Å². The third-order valence-electron chi connectivity index (χ3n) is 7.23. The minimum Gasteiger partial charge on any atom is -0.0730 e. The molecule has 0 spiro atoms. The minimum absolute atomic E-state index is 0.758. The standard InChI is InChI=1S/C28H40/c1-3-7-23-11-13-25(14-12-23)9-5-6-10-26-17-21-28(22-18-26)27-19-15-24(8-4-2)16-20-27/h6,10-14,24,26-28H,3-4,7-8,15-22H2,1-2H3/t24-,26-,27-,28-. The van der Waals surface area contributed by atoms with E-state index in [-0.39, 0.29) is 0 Å². The maximum absolute atomic E-state index is 3.29. The molecule has 0 saturated heterocycles. The number of aryl methyl sites for hydroxylation is 1. The first-order chi connectivity index (χ1) is 13.8. The van der Waals surface area contributed by atoms with Crippen LogP contribution in [0.15, 0.2) is 36.4 Å². The van der Waals surface area contributed by atoms with E-state index in [9.17, 15) is 0 Å². The molecule has 2 saturated carbocycles. The Morgan fingerprint density at radius 1 is 0.821 bits per heavy atom. The summed E-state index contributed by atoms with van der Waals surface area (Å²) in [6, 6.07) is 8.75. The molecule has 0 N–H and O–H groups in total. The van der Waals surface area contributed by atoms with Gasteiger partial charge >= 0.3 is 0 Å². The van der Waals surface area contributed by atoms with Crippen molar-refractivity contribution in [1.29, 1.82) is 0 Å². The molecule has 2 aliphatic rings. The van der Waals surface area contributed by atoms with Gasteiger partial charge in [-0.15, -0.1) is 0 Å². The molecule has 0 bridgehead atoms. The van der Waals surface area contributed by atoms with Gasteiger partial charge in [0.1, 0.15) is 0 Å². The van der Waals surface area contributed by atoms with Gasteiger partial charge in [-0.3, -0.25) is 0 Å². The summed E-state index contributed by atoms with van der Waals surface area (Å²) >= 11 is 0. The molecule has 2 fully saturated rings. The summed E-state index contributed by atoms with van der Waals surface area (Å²) in [5.74, 6) is 10.4. The number of allylic oxidation sites excluding steroid dienone is 2. The lowest BCUT2D eigenvalue weighted by atomic mass is 9.69. The fourth-order valence-corrected chi connectivity index (χ4v) is 5.52. The molecule has 152 valence electrons. The highest BCUT2D eigenvalue weighted by Crippen LogP contribution is 2.42. The van der Waals surface area contributed by atoms with Crippen molar-refractivity contribution in [3.63, 3.8) is 0 Å². The highest BCUT2D eigenvalue weighted by Gasteiger charge is 2.29. The molecule has 3 rings (SSSR count). The van der Waals surface area contributed by atoms with Gasteiger partial charge in [0.25, 0.3) is 0 Å². The van der Waals surface area contributed by atoms with Crippen LogP contribution in [0.5, 0.6) is 0 Å². The first-order valence-corrected chi connectivity index (χ1v) is 12.1. The number of benzene rings is 1. The zero-order valence-electron chi connectivity index (χ0n) is 18.3. The summed E-state index contributed by atoms with van der Waals surface area (Å²) in [5, 5.41) is 0. The van der Waals surface area contributed by atoms with Gasteiger partial charge in [-0.2, -0.15) is 0 Å². The van der Waals surface area contributed by atoms with Crippen LogP contribution < -0.4 is 0 Å². The molecule has 0 aliphatic heterocycles.